The first-order valence-electron chi connectivity index (χ1n) is 6.50. The Hall–Kier alpha value is -1.10. The SMILES string of the molecule is OC[C@@H]1CC[C@@H](O)CN1CCOc1ccccc1. The fourth-order valence-electron chi connectivity index (χ4n) is 2.36. The molecule has 0 bridgehead atoms. The molecule has 0 aliphatic carbocycles. The molecule has 18 heavy (non-hydrogen) atoms. The lowest BCUT2D eigenvalue weighted by molar-refractivity contribution is 0.00805. The lowest BCUT2D eigenvalue weighted by Crippen LogP contribution is -2.48. The number of para-hydroxylation sites is 1. The molecule has 1 saturated heterocycles. The molecular formula is C14H21NO3. The van der Waals surface area contributed by atoms with Crippen molar-refractivity contribution in [1.82, 2.24) is 4.90 Å². The van der Waals surface area contributed by atoms with Gasteiger partial charge in [0.2, 0.25) is 0 Å². The molecule has 100 valence electrons. The van der Waals surface area contributed by atoms with E-state index in [0.29, 0.717) is 13.2 Å². The summed E-state index contributed by atoms with van der Waals surface area (Å²) >= 11 is 0. The van der Waals surface area contributed by atoms with E-state index in [2.05, 4.69) is 4.90 Å². The van der Waals surface area contributed by atoms with Crippen molar-refractivity contribution in [3.05, 3.63) is 30.3 Å². The van der Waals surface area contributed by atoms with Crippen LogP contribution in [0.3, 0.4) is 0 Å². The Bertz CT molecular complexity index is 344. The molecule has 0 amide bonds. The van der Waals surface area contributed by atoms with Gasteiger partial charge >= 0.3 is 0 Å². The van der Waals surface area contributed by atoms with Gasteiger partial charge in [0, 0.05) is 19.1 Å². The minimum atomic E-state index is -0.274. The Labute approximate surface area is 108 Å². The second kappa shape index (κ2) is 6.73. The smallest absolute Gasteiger partial charge is 0.119 e. The minimum absolute atomic E-state index is 0.151. The van der Waals surface area contributed by atoms with Gasteiger partial charge < -0.3 is 14.9 Å². The van der Waals surface area contributed by atoms with Crippen LogP contribution in [0.25, 0.3) is 0 Å². The number of nitrogens with zero attached hydrogens (tertiary/aromatic N) is 1. The second-order valence-corrected chi connectivity index (χ2v) is 4.72. The molecule has 0 radical (unpaired) electrons. The minimum Gasteiger partial charge on any atom is -0.492 e. The molecule has 2 N–H and O–H groups in total. The van der Waals surface area contributed by atoms with Crippen LogP contribution in [0.4, 0.5) is 0 Å². The third-order valence-corrected chi connectivity index (χ3v) is 3.40. The van der Waals surface area contributed by atoms with Crippen molar-refractivity contribution < 1.29 is 14.9 Å². The van der Waals surface area contributed by atoms with Crippen LogP contribution in [0.1, 0.15) is 12.8 Å². The van der Waals surface area contributed by atoms with Crippen molar-refractivity contribution in [3.63, 3.8) is 0 Å². The number of piperidine rings is 1. The first-order valence-corrected chi connectivity index (χ1v) is 6.50. The summed E-state index contributed by atoms with van der Waals surface area (Å²) < 4.78 is 5.63. The van der Waals surface area contributed by atoms with Crippen molar-refractivity contribution in [2.75, 3.05) is 26.3 Å². The van der Waals surface area contributed by atoms with Gasteiger partial charge in [0.1, 0.15) is 12.4 Å². The van der Waals surface area contributed by atoms with Crippen LogP contribution in [0.2, 0.25) is 0 Å². The monoisotopic (exact) mass is 251 g/mol. The van der Waals surface area contributed by atoms with Crippen LogP contribution in [0.15, 0.2) is 30.3 Å². The van der Waals surface area contributed by atoms with Crippen LogP contribution in [-0.4, -0.2) is 53.6 Å². The van der Waals surface area contributed by atoms with Gasteiger partial charge in [0.25, 0.3) is 0 Å². The second-order valence-electron chi connectivity index (χ2n) is 4.72. The highest BCUT2D eigenvalue weighted by atomic mass is 16.5. The van der Waals surface area contributed by atoms with E-state index in [1.54, 1.807) is 0 Å². The van der Waals surface area contributed by atoms with Gasteiger partial charge in [-0.1, -0.05) is 18.2 Å². The number of benzene rings is 1. The normalized spacial score (nSPS) is 25.0. The lowest BCUT2D eigenvalue weighted by atomic mass is 10.0. The lowest BCUT2D eigenvalue weighted by Gasteiger charge is -2.36. The fraction of sp³-hybridized carbons (Fsp3) is 0.571. The van der Waals surface area contributed by atoms with Crippen LogP contribution in [0.5, 0.6) is 5.75 Å². The molecule has 1 aliphatic heterocycles. The molecule has 4 heteroatoms. The van der Waals surface area contributed by atoms with E-state index >= 15 is 0 Å². The number of hydrogen-bond acceptors (Lipinski definition) is 4. The van der Waals surface area contributed by atoms with E-state index in [0.717, 1.165) is 25.1 Å². The van der Waals surface area contributed by atoms with E-state index in [1.165, 1.54) is 0 Å². The molecule has 1 aromatic rings. The third kappa shape index (κ3) is 3.70. The van der Waals surface area contributed by atoms with Gasteiger partial charge in [0.15, 0.2) is 0 Å². The standard InChI is InChI=1S/C14H21NO3/c16-11-12-6-7-13(17)10-15(12)8-9-18-14-4-2-1-3-5-14/h1-5,12-13,16-17H,6-11H2/t12-,13+/m0/s1. The van der Waals surface area contributed by atoms with Crippen molar-refractivity contribution in [3.8, 4) is 5.75 Å². The average molecular weight is 251 g/mol. The molecule has 2 rings (SSSR count). The number of aliphatic hydroxyl groups is 2. The topological polar surface area (TPSA) is 52.9 Å². The zero-order valence-electron chi connectivity index (χ0n) is 10.5. The van der Waals surface area contributed by atoms with Gasteiger partial charge in [-0.2, -0.15) is 0 Å². The first kappa shape index (κ1) is 13.3. The van der Waals surface area contributed by atoms with Gasteiger partial charge in [-0.3, -0.25) is 4.90 Å². The number of rotatable bonds is 5. The molecular weight excluding hydrogens is 230 g/mol. The summed E-state index contributed by atoms with van der Waals surface area (Å²) in [5.74, 6) is 0.857. The summed E-state index contributed by atoms with van der Waals surface area (Å²) in [6.07, 6.45) is 1.36. The maximum Gasteiger partial charge on any atom is 0.119 e. The summed E-state index contributed by atoms with van der Waals surface area (Å²) in [6, 6.07) is 9.85. The van der Waals surface area contributed by atoms with Crippen molar-refractivity contribution in [2.45, 2.75) is 25.0 Å². The molecule has 0 aromatic heterocycles. The molecule has 0 unspecified atom stereocenters. The molecule has 4 nitrogen and oxygen atoms in total. The highest BCUT2D eigenvalue weighted by molar-refractivity contribution is 5.20. The molecule has 2 atom stereocenters. The zero-order chi connectivity index (χ0) is 12.8. The summed E-state index contributed by atoms with van der Waals surface area (Å²) in [6.45, 7) is 2.09. The first-order chi connectivity index (χ1) is 8.79. The van der Waals surface area contributed by atoms with Crippen molar-refractivity contribution in [1.29, 1.82) is 0 Å². The summed E-state index contributed by atoms with van der Waals surface area (Å²) in [5, 5.41) is 18.9. The Balaban J connectivity index is 1.77. The highest BCUT2D eigenvalue weighted by Crippen LogP contribution is 2.17. The number of hydrogen-bond donors (Lipinski definition) is 2. The Kier molecular flexibility index (Phi) is 4.99. The summed E-state index contributed by atoms with van der Waals surface area (Å²) in [5.41, 5.74) is 0. The quantitative estimate of drug-likeness (QED) is 0.816. The summed E-state index contributed by atoms with van der Waals surface area (Å²) in [4.78, 5) is 2.11. The van der Waals surface area contributed by atoms with Gasteiger partial charge in [-0.25, -0.2) is 0 Å². The molecule has 0 saturated carbocycles. The zero-order valence-corrected chi connectivity index (χ0v) is 10.5. The van der Waals surface area contributed by atoms with E-state index in [9.17, 15) is 10.2 Å². The number of β-amino-alcohol motifs (C(OH)–C–C–N with tert-alkyl or cyclic N) is 1. The molecule has 1 aliphatic rings. The average Bonchev–Trinajstić information content (AvgIpc) is 2.40. The Morgan fingerprint density at radius 1 is 1.22 bits per heavy atom. The molecule has 1 aromatic carbocycles. The van der Waals surface area contributed by atoms with Crippen molar-refractivity contribution >= 4 is 0 Å². The maximum atomic E-state index is 9.65. The van der Waals surface area contributed by atoms with Crippen LogP contribution in [-0.2, 0) is 0 Å². The number of likely N-dealkylation sites (tertiary alicyclic amines) is 1. The molecule has 1 heterocycles. The Morgan fingerprint density at radius 2 is 2.00 bits per heavy atom. The number of aliphatic hydroxyl groups excluding tert-OH is 2. The van der Waals surface area contributed by atoms with E-state index < -0.39 is 0 Å². The molecule has 0 spiro atoms. The van der Waals surface area contributed by atoms with Gasteiger partial charge in [-0.15, -0.1) is 0 Å². The third-order valence-electron chi connectivity index (χ3n) is 3.40. The van der Waals surface area contributed by atoms with Crippen LogP contribution >= 0.6 is 0 Å². The number of ether oxygens (including phenoxy) is 1. The van der Waals surface area contributed by atoms with Gasteiger partial charge in [0.05, 0.1) is 12.7 Å². The summed E-state index contributed by atoms with van der Waals surface area (Å²) in [7, 11) is 0. The predicted molar refractivity (Wildman–Crippen MR) is 69.6 cm³/mol. The largest absolute Gasteiger partial charge is 0.492 e. The fourth-order valence-corrected chi connectivity index (χ4v) is 2.36. The van der Waals surface area contributed by atoms with E-state index in [1.807, 2.05) is 30.3 Å². The maximum absolute atomic E-state index is 9.65. The highest BCUT2D eigenvalue weighted by Gasteiger charge is 2.26. The predicted octanol–water partition coefficient (Wildman–Crippen LogP) is 0.883. The molecule has 1 fully saturated rings. The van der Waals surface area contributed by atoms with Gasteiger partial charge in [-0.05, 0) is 25.0 Å². The van der Waals surface area contributed by atoms with E-state index in [4.69, 9.17) is 4.74 Å². The Morgan fingerprint density at radius 3 is 2.72 bits per heavy atom. The van der Waals surface area contributed by atoms with Crippen molar-refractivity contribution in [2.24, 2.45) is 0 Å². The van der Waals surface area contributed by atoms with Crippen LogP contribution < -0.4 is 4.74 Å². The van der Waals surface area contributed by atoms with Crippen LogP contribution in [0, 0.1) is 0 Å². The van der Waals surface area contributed by atoms with E-state index in [-0.39, 0.29) is 18.8 Å².